The standard InChI is InChI=1S/C27H29Cl2N3O5S/c1-4-37-21-15-13-20(14-16-21)32(38(35,36)22-9-6-5-7-10-22)18-26(33)31(19(2)27(34)30-3)17-23-24(28)11-8-12-25(23)29/h5-16,19H,4,17-18H2,1-3H3,(H,30,34)/t19-/m0/s1. The molecule has 3 aromatic carbocycles. The zero-order chi connectivity index (χ0) is 27.9. The van der Waals surface area contributed by atoms with Crippen molar-refractivity contribution in [3.8, 4) is 5.75 Å². The summed E-state index contributed by atoms with van der Waals surface area (Å²) in [4.78, 5) is 27.6. The first kappa shape index (κ1) is 29.3. The van der Waals surface area contributed by atoms with Crippen molar-refractivity contribution in [2.24, 2.45) is 0 Å². The molecule has 0 spiro atoms. The largest absolute Gasteiger partial charge is 0.494 e. The topological polar surface area (TPSA) is 96.0 Å². The number of ether oxygens (including phenoxy) is 1. The minimum atomic E-state index is -4.16. The molecule has 0 aromatic heterocycles. The van der Waals surface area contributed by atoms with Gasteiger partial charge in [0.05, 0.1) is 17.2 Å². The highest BCUT2D eigenvalue weighted by molar-refractivity contribution is 7.92. The van der Waals surface area contributed by atoms with Crippen molar-refractivity contribution in [1.82, 2.24) is 10.2 Å². The molecule has 3 aromatic rings. The fourth-order valence-corrected chi connectivity index (χ4v) is 5.72. The first-order valence-corrected chi connectivity index (χ1v) is 14.0. The summed E-state index contributed by atoms with van der Waals surface area (Å²) in [6.45, 7) is 3.16. The number of nitrogens with zero attached hydrogens (tertiary/aromatic N) is 2. The molecule has 0 fully saturated rings. The minimum Gasteiger partial charge on any atom is -0.494 e. The Kier molecular flexibility index (Phi) is 10.0. The van der Waals surface area contributed by atoms with Crippen molar-refractivity contribution in [3.63, 3.8) is 0 Å². The number of amides is 2. The second kappa shape index (κ2) is 13.0. The van der Waals surface area contributed by atoms with E-state index in [0.717, 1.165) is 4.31 Å². The van der Waals surface area contributed by atoms with Gasteiger partial charge >= 0.3 is 0 Å². The van der Waals surface area contributed by atoms with Gasteiger partial charge in [0, 0.05) is 29.2 Å². The molecule has 3 rings (SSSR count). The van der Waals surface area contributed by atoms with E-state index in [1.54, 1.807) is 67.6 Å². The van der Waals surface area contributed by atoms with E-state index in [9.17, 15) is 18.0 Å². The van der Waals surface area contributed by atoms with Gasteiger partial charge in [-0.3, -0.25) is 13.9 Å². The van der Waals surface area contributed by atoms with Gasteiger partial charge in [-0.1, -0.05) is 47.5 Å². The third kappa shape index (κ3) is 6.78. The maximum atomic E-state index is 13.8. The SMILES string of the molecule is CCOc1ccc(N(CC(=O)N(Cc2c(Cl)cccc2Cl)[C@@H](C)C(=O)NC)S(=O)(=O)c2ccccc2)cc1. The highest BCUT2D eigenvalue weighted by Gasteiger charge is 2.32. The summed E-state index contributed by atoms with van der Waals surface area (Å²) in [5.41, 5.74) is 0.701. The molecule has 1 atom stereocenters. The smallest absolute Gasteiger partial charge is 0.264 e. The number of halogens is 2. The predicted octanol–water partition coefficient (Wildman–Crippen LogP) is 4.75. The van der Waals surface area contributed by atoms with Gasteiger partial charge in [0.25, 0.3) is 10.0 Å². The lowest BCUT2D eigenvalue weighted by Gasteiger charge is -2.32. The van der Waals surface area contributed by atoms with Crippen LogP contribution in [0.5, 0.6) is 5.75 Å². The highest BCUT2D eigenvalue weighted by Crippen LogP contribution is 2.29. The van der Waals surface area contributed by atoms with Crippen LogP contribution in [0.1, 0.15) is 19.4 Å². The maximum Gasteiger partial charge on any atom is 0.264 e. The molecule has 0 unspecified atom stereocenters. The van der Waals surface area contributed by atoms with Crippen molar-refractivity contribution in [2.75, 3.05) is 24.5 Å². The van der Waals surface area contributed by atoms with Gasteiger partial charge in [-0.05, 0) is 62.4 Å². The van der Waals surface area contributed by atoms with Crippen LogP contribution in [0.25, 0.3) is 0 Å². The third-order valence-corrected chi connectivity index (χ3v) is 8.35. The van der Waals surface area contributed by atoms with Gasteiger partial charge < -0.3 is 15.0 Å². The van der Waals surface area contributed by atoms with Crippen LogP contribution in [0.2, 0.25) is 10.0 Å². The Morgan fingerprint density at radius 2 is 1.55 bits per heavy atom. The molecule has 0 bridgehead atoms. The second-order valence-electron chi connectivity index (χ2n) is 8.26. The number of rotatable bonds is 11. The fraction of sp³-hybridized carbons (Fsp3) is 0.259. The van der Waals surface area contributed by atoms with E-state index in [1.807, 2.05) is 6.92 Å². The molecule has 0 radical (unpaired) electrons. The Morgan fingerprint density at radius 3 is 2.11 bits per heavy atom. The number of sulfonamides is 1. The first-order chi connectivity index (χ1) is 18.1. The molecule has 202 valence electrons. The van der Waals surface area contributed by atoms with Crippen molar-refractivity contribution >= 4 is 50.7 Å². The van der Waals surface area contributed by atoms with Gasteiger partial charge in [-0.2, -0.15) is 0 Å². The number of hydrogen-bond acceptors (Lipinski definition) is 5. The van der Waals surface area contributed by atoms with Crippen LogP contribution in [0.4, 0.5) is 5.69 Å². The monoisotopic (exact) mass is 577 g/mol. The average Bonchev–Trinajstić information content (AvgIpc) is 2.91. The number of carbonyl (C=O) groups excluding carboxylic acids is 2. The number of anilines is 1. The number of carbonyl (C=O) groups is 2. The molecular weight excluding hydrogens is 549 g/mol. The van der Waals surface area contributed by atoms with E-state index in [2.05, 4.69) is 5.32 Å². The Labute approximate surface area is 233 Å². The summed E-state index contributed by atoms with van der Waals surface area (Å²) >= 11 is 12.7. The highest BCUT2D eigenvalue weighted by atomic mass is 35.5. The first-order valence-electron chi connectivity index (χ1n) is 11.8. The summed E-state index contributed by atoms with van der Waals surface area (Å²) in [6.07, 6.45) is 0. The summed E-state index contributed by atoms with van der Waals surface area (Å²) in [6, 6.07) is 18.2. The van der Waals surface area contributed by atoms with E-state index in [4.69, 9.17) is 27.9 Å². The molecule has 8 nitrogen and oxygen atoms in total. The van der Waals surface area contributed by atoms with E-state index in [1.165, 1.54) is 24.1 Å². The molecular formula is C27H29Cl2N3O5S. The normalized spacial score (nSPS) is 11.9. The number of likely N-dealkylation sites (N-methyl/N-ethyl adjacent to an activating group) is 1. The molecule has 1 N–H and O–H groups in total. The van der Waals surface area contributed by atoms with Crippen LogP contribution < -0.4 is 14.4 Å². The van der Waals surface area contributed by atoms with Crippen LogP contribution in [0.15, 0.2) is 77.7 Å². The lowest BCUT2D eigenvalue weighted by atomic mass is 10.1. The van der Waals surface area contributed by atoms with E-state index >= 15 is 0 Å². The molecule has 38 heavy (non-hydrogen) atoms. The van der Waals surface area contributed by atoms with Gasteiger partial charge in [-0.25, -0.2) is 8.42 Å². The van der Waals surface area contributed by atoms with Crippen LogP contribution in [0, 0.1) is 0 Å². The third-order valence-electron chi connectivity index (χ3n) is 5.85. The summed E-state index contributed by atoms with van der Waals surface area (Å²) < 4.78 is 33.9. The molecule has 0 saturated heterocycles. The maximum absolute atomic E-state index is 13.8. The van der Waals surface area contributed by atoms with Crippen LogP contribution in [0.3, 0.4) is 0 Å². The van der Waals surface area contributed by atoms with Gasteiger partial charge in [0.2, 0.25) is 11.8 Å². The van der Waals surface area contributed by atoms with Crippen molar-refractivity contribution in [1.29, 1.82) is 0 Å². The van der Waals surface area contributed by atoms with Crippen molar-refractivity contribution < 1.29 is 22.7 Å². The van der Waals surface area contributed by atoms with Crippen molar-refractivity contribution in [2.45, 2.75) is 31.3 Å². The summed E-state index contributed by atoms with van der Waals surface area (Å²) in [5, 5.41) is 3.17. The van der Waals surface area contributed by atoms with Gasteiger partial charge in [0.1, 0.15) is 18.3 Å². The summed E-state index contributed by atoms with van der Waals surface area (Å²) in [5.74, 6) is -0.492. The van der Waals surface area contributed by atoms with E-state index in [-0.39, 0.29) is 17.1 Å². The molecule has 0 saturated carbocycles. The van der Waals surface area contributed by atoms with Gasteiger partial charge in [-0.15, -0.1) is 0 Å². The Hall–Kier alpha value is -3.27. The summed E-state index contributed by atoms with van der Waals surface area (Å²) in [7, 11) is -2.70. The Morgan fingerprint density at radius 1 is 0.947 bits per heavy atom. The molecule has 0 heterocycles. The van der Waals surface area contributed by atoms with Crippen LogP contribution in [-0.4, -0.2) is 51.4 Å². The van der Waals surface area contributed by atoms with Crippen molar-refractivity contribution in [3.05, 3.63) is 88.4 Å². The molecule has 2 amide bonds. The zero-order valence-corrected chi connectivity index (χ0v) is 23.6. The lowest BCUT2D eigenvalue weighted by Crippen LogP contribution is -2.50. The second-order valence-corrected chi connectivity index (χ2v) is 10.9. The average molecular weight is 579 g/mol. The van der Waals surface area contributed by atoms with E-state index < -0.39 is 34.4 Å². The number of nitrogens with one attached hydrogen (secondary N) is 1. The molecule has 11 heteroatoms. The molecule has 0 aliphatic carbocycles. The molecule has 0 aliphatic rings. The van der Waals surface area contributed by atoms with Crippen LogP contribution >= 0.6 is 23.2 Å². The Balaban J connectivity index is 2.05. The van der Waals surface area contributed by atoms with Crippen LogP contribution in [-0.2, 0) is 26.2 Å². The molecule has 0 aliphatic heterocycles. The lowest BCUT2D eigenvalue weighted by molar-refractivity contribution is -0.139. The number of benzene rings is 3. The number of hydrogen-bond donors (Lipinski definition) is 1. The van der Waals surface area contributed by atoms with E-state index in [0.29, 0.717) is 28.0 Å². The zero-order valence-electron chi connectivity index (χ0n) is 21.2. The quantitative estimate of drug-likeness (QED) is 0.354. The fourth-order valence-electron chi connectivity index (χ4n) is 3.77. The Bertz CT molecular complexity index is 1350. The predicted molar refractivity (Wildman–Crippen MR) is 149 cm³/mol. The minimum absolute atomic E-state index is 0.0155. The van der Waals surface area contributed by atoms with Gasteiger partial charge in [0.15, 0.2) is 0 Å².